The average Bonchev–Trinajstić information content (AvgIpc) is 2.54. The van der Waals surface area contributed by atoms with E-state index in [0.29, 0.717) is 11.6 Å². The maximum absolute atomic E-state index is 9.81. The molecule has 0 fully saturated rings. The molecule has 0 saturated carbocycles. The molecule has 2 rings (SSSR count). The Morgan fingerprint density at radius 3 is 2.47 bits per heavy atom. The molecular weight excluding hydrogens is 220 g/mol. The van der Waals surface area contributed by atoms with Crippen LogP contribution in [0.1, 0.15) is 0 Å². The van der Waals surface area contributed by atoms with Crippen LogP contribution in [-0.4, -0.2) is 30.5 Å². The molecule has 1 aliphatic rings. The van der Waals surface area contributed by atoms with Crippen LogP contribution in [0.5, 0.6) is 5.75 Å². The summed E-state index contributed by atoms with van der Waals surface area (Å²) >= 11 is 0. The number of nitrogens with two attached hydrogens (primary N) is 2. The van der Waals surface area contributed by atoms with Gasteiger partial charge in [-0.05, 0) is 12.1 Å². The van der Waals surface area contributed by atoms with Crippen LogP contribution in [0.15, 0.2) is 35.8 Å². The SMILES string of the molecule is COc1ccccc1N1C(N)=C(N)C(O)N1C. The number of nitrogens with zero attached hydrogens (tertiary/aromatic N) is 2. The first kappa shape index (κ1) is 11.6. The molecule has 6 heteroatoms. The summed E-state index contributed by atoms with van der Waals surface area (Å²) in [4.78, 5) is 0. The van der Waals surface area contributed by atoms with Gasteiger partial charge in [0.25, 0.3) is 0 Å². The predicted octanol–water partition coefficient (Wildman–Crippen LogP) is -0.233. The Kier molecular flexibility index (Phi) is 2.83. The largest absolute Gasteiger partial charge is 0.495 e. The standard InChI is InChI=1S/C11H16N4O2/c1-14-11(16)9(12)10(13)15(14)7-5-3-4-6-8(7)17-2/h3-6,11,16H,12-13H2,1-2H3. The number of likely N-dealkylation sites (N-methyl/N-ethyl adjacent to an activating group) is 1. The number of rotatable bonds is 2. The Hall–Kier alpha value is -1.92. The number of para-hydroxylation sites is 2. The van der Waals surface area contributed by atoms with E-state index in [1.54, 1.807) is 24.2 Å². The normalized spacial score (nSPS) is 21.1. The van der Waals surface area contributed by atoms with Crippen LogP contribution in [0, 0.1) is 0 Å². The van der Waals surface area contributed by atoms with Crippen molar-refractivity contribution in [3.8, 4) is 5.75 Å². The lowest BCUT2D eigenvalue weighted by Gasteiger charge is -2.29. The highest BCUT2D eigenvalue weighted by atomic mass is 16.5. The summed E-state index contributed by atoms with van der Waals surface area (Å²) in [5.74, 6) is 0.966. The van der Waals surface area contributed by atoms with Crippen LogP contribution >= 0.6 is 0 Å². The highest BCUT2D eigenvalue weighted by Crippen LogP contribution is 2.34. The summed E-state index contributed by atoms with van der Waals surface area (Å²) in [6, 6.07) is 7.38. The lowest BCUT2D eigenvalue weighted by molar-refractivity contribution is 0.0653. The minimum atomic E-state index is -0.917. The topological polar surface area (TPSA) is 88.0 Å². The third kappa shape index (κ3) is 1.67. The Morgan fingerprint density at radius 2 is 1.94 bits per heavy atom. The van der Waals surface area contributed by atoms with E-state index in [9.17, 15) is 5.11 Å². The van der Waals surface area contributed by atoms with Gasteiger partial charge in [-0.1, -0.05) is 12.1 Å². The van der Waals surface area contributed by atoms with Crippen LogP contribution in [0.4, 0.5) is 5.69 Å². The molecule has 1 unspecified atom stereocenters. The number of ether oxygens (including phenoxy) is 1. The summed E-state index contributed by atoms with van der Waals surface area (Å²) in [5.41, 5.74) is 12.6. The number of hydrogen-bond donors (Lipinski definition) is 3. The molecule has 0 saturated heterocycles. The van der Waals surface area contributed by atoms with Crippen molar-refractivity contribution in [1.29, 1.82) is 0 Å². The van der Waals surface area contributed by atoms with E-state index < -0.39 is 6.23 Å². The summed E-state index contributed by atoms with van der Waals surface area (Å²) in [6.07, 6.45) is -0.917. The molecule has 92 valence electrons. The molecule has 6 nitrogen and oxygen atoms in total. The van der Waals surface area contributed by atoms with Gasteiger partial charge in [-0.25, -0.2) is 0 Å². The number of hydrogen-bond acceptors (Lipinski definition) is 6. The molecule has 1 atom stereocenters. The fourth-order valence-corrected chi connectivity index (χ4v) is 1.84. The molecular formula is C11H16N4O2. The van der Waals surface area contributed by atoms with Crippen LogP contribution < -0.4 is 21.2 Å². The van der Waals surface area contributed by atoms with Gasteiger partial charge in [0.1, 0.15) is 17.3 Å². The third-order valence-electron chi connectivity index (χ3n) is 2.78. The molecule has 1 aliphatic heterocycles. The zero-order chi connectivity index (χ0) is 12.6. The van der Waals surface area contributed by atoms with Crippen molar-refractivity contribution < 1.29 is 9.84 Å². The second kappa shape index (κ2) is 4.15. The maximum Gasteiger partial charge on any atom is 0.168 e. The third-order valence-corrected chi connectivity index (χ3v) is 2.78. The monoisotopic (exact) mass is 236 g/mol. The first-order valence-electron chi connectivity index (χ1n) is 5.17. The van der Waals surface area contributed by atoms with Crippen molar-refractivity contribution in [2.75, 3.05) is 19.2 Å². The van der Waals surface area contributed by atoms with E-state index in [2.05, 4.69) is 0 Å². The molecule has 0 bridgehead atoms. The van der Waals surface area contributed by atoms with E-state index in [1.165, 1.54) is 0 Å². The Bertz CT molecular complexity index is 461. The molecule has 0 aliphatic carbocycles. The quantitative estimate of drug-likeness (QED) is 0.657. The number of benzene rings is 1. The van der Waals surface area contributed by atoms with Gasteiger partial charge in [-0.2, -0.15) is 5.01 Å². The number of methoxy groups -OCH3 is 1. The zero-order valence-electron chi connectivity index (χ0n) is 9.79. The first-order valence-corrected chi connectivity index (χ1v) is 5.17. The molecule has 0 radical (unpaired) electrons. The molecule has 1 aromatic rings. The first-order chi connectivity index (χ1) is 8.07. The predicted molar refractivity (Wildman–Crippen MR) is 64.6 cm³/mol. The lowest BCUT2D eigenvalue weighted by atomic mass is 10.3. The van der Waals surface area contributed by atoms with E-state index in [-0.39, 0.29) is 5.70 Å². The second-order valence-corrected chi connectivity index (χ2v) is 3.77. The molecule has 0 aromatic heterocycles. The lowest BCUT2D eigenvalue weighted by Crippen LogP contribution is -2.41. The number of anilines is 1. The Morgan fingerprint density at radius 1 is 1.29 bits per heavy atom. The van der Waals surface area contributed by atoms with E-state index in [0.717, 1.165) is 5.69 Å². The van der Waals surface area contributed by atoms with Crippen molar-refractivity contribution in [2.45, 2.75) is 6.23 Å². The van der Waals surface area contributed by atoms with E-state index in [1.807, 2.05) is 24.3 Å². The summed E-state index contributed by atoms with van der Waals surface area (Å²) in [7, 11) is 3.28. The van der Waals surface area contributed by atoms with Crippen LogP contribution in [0.25, 0.3) is 0 Å². The van der Waals surface area contributed by atoms with Crippen molar-refractivity contribution in [1.82, 2.24) is 5.01 Å². The molecule has 5 N–H and O–H groups in total. The van der Waals surface area contributed by atoms with Crippen molar-refractivity contribution in [3.63, 3.8) is 0 Å². The van der Waals surface area contributed by atoms with Crippen molar-refractivity contribution >= 4 is 5.69 Å². The number of hydrazine groups is 1. The van der Waals surface area contributed by atoms with Crippen LogP contribution in [0.3, 0.4) is 0 Å². The van der Waals surface area contributed by atoms with Gasteiger partial charge in [0.15, 0.2) is 6.23 Å². The number of aliphatic hydroxyl groups is 1. The molecule has 1 heterocycles. The van der Waals surface area contributed by atoms with Crippen LogP contribution in [0.2, 0.25) is 0 Å². The van der Waals surface area contributed by atoms with Gasteiger partial charge < -0.3 is 21.3 Å². The zero-order valence-corrected chi connectivity index (χ0v) is 9.79. The average molecular weight is 236 g/mol. The summed E-state index contributed by atoms with van der Waals surface area (Å²) in [6.45, 7) is 0. The minimum Gasteiger partial charge on any atom is -0.495 e. The van der Waals surface area contributed by atoms with E-state index >= 15 is 0 Å². The molecule has 17 heavy (non-hydrogen) atoms. The minimum absolute atomic E-state index is 0.235. The Balaban J connectivity index is 2.47. The fourth-order valence-electron chi connectivity index (χ4n) is 1.84. The Labute approximate surface area is 99.6 Å². The fraction of sp³-hybridized carbons (Fsp3) is 0.273. The summed E-state index contributed by atoms with van der Waals surface area (Å²) in [5, 5.41) is 13.0. The smallest absolute Gasteiger partial charge is 0.168 e. The number of aliphatic hydroxyl groups excluding tert-OH is 1. The van der Waals surface area contributed by atoms with Crippen molar-refractivity contribution in [3.05, 3.63) is 35.8 Å². The van der Waals surface area contributed by atoms with Gasteiger partial charge >= 0.3 is 0 Å². The van der Waals surface area contributed by atoms with Gasteiger partial charge in [-0.3, -0.25) is 5.01 Å². The van der Waals surface area contributed by atoms with Gasteiger partial charge in [0.2, 0.25) is 0 Å². The van der Waals surface area contributed by atoms with Crippen molar-refractivity contribution in [2.24, 2.45) is 11.5 Å². The van der Waals surface area contributed by atoms with E-state index in [4.69, 9.17) is 16.2 Å². The maximum atomic E-state index is 9.81. The van der Waals surface area contributed by atoms with Gasteiger partial charge in [0.05, 0.1) is 12.8 Å². The van der Waals surface area contributed by atoms with Crippen LogP contribution in [-0.2, 0) is 0 Å². The molecule has 1 aromatic carbocycles. The summed E-state index contributed by atoms with van der Waals surface area (Å²) < 4.78 is 5.26. The van der Waals surface area contributed by atoms with Gasteiger partial charge in [0, 0.05) is 7.05 Å². The molecule has 0 amide bonds. The molecule has 0 spiro atoms. The van der Waals surface area contributed by atoms with Gasteiger partial charge in [-0.15, -0.1) is 0 Å². The second-order valence-electron chi connectivity index (χ2n) is 3.77. The highest BCUT2D eigenvalue weighted by molar-refractivity contribution is 5.62. The highest BCUT2D eigenvalue weighted by Gasteiger charge is 2.34.